The summed E-state index contributed by atoms with van der Waals surface area (Å²) in [5.41, 5.74) is 2.83. The fourth-order valence-electron chi connectivity index (χ4n) is 4.48. The van der Waals surface area contributed by atoms with Crippen LogP contribution in [0.25, 0.3) is 6.08 Å². The van der Waals surface area contributed by atoms with E-state index in [1.54, 1.807) is 13.2 Å². The van der Waals surface area contributed by atoms with E-state index in [9.17, 15) is 9.59 Å². The van der Waals surface area contributed by atoms with Crippen molar-refractivity contribution in [1.82, 2.24) is 9.47 Å². The molecule has 146 valence electrons. The lowest BCUT2D eigenvalue weighted by Gasteiger charge is -2.43. The number of pyridine rings is 1. The van der Waals surface area contributed by atoms with Gasteiger partial charge >= 0.3 is 6.03 Å². The van der Waals surface area contributed by atoms with Gasteiger partial charge in [-0.05, 0) is 43.0 Å². The third kappa shape index (κ3) is 3.30. The third-order valence-corrected chi connectivity index (χ3v) is 5.60. The average Bonchev–Trinajstić information content (AvgIpc) is 2.70. The normalized spacial score (nSPS) is 20.7. The van der Waals surface area contributed by atoms with E-state index in [0.29, 0.717) is 31.1 Å². The van der Waals surface area contributed by atoms with E-state index in [1.165, 1.54) is 0 Å². The molecule has 2 bridgehead atoms. The quantitative estimate of drug-likeness (QED) is 0.887. The Balaban J connectivity index is 1.60. The molecule has 3 heterocycles. The van der Waals surface area contributed by atoms with E-state index in [2.05, 4.69) is 5.32 Å². The fraction of sp³-hybridized carbons (Fsp3) is 0.364. The first-order valence-electron chi connectivity index (χ1n) is 9.66. The lowest BCUT2D eigenvalue weighted by molar-refractivity contribution is 0.139. The van der Waals surface area contributed by atoms with Crippen LogP contribution in [0.5, 0.6) is 5.75 Å². The molecule has 1 aromatic carbocycles. The van der Waals surface area contributed by atoms with Gasteiger partial charge in [-0.15, -0.1) is 0 Å². The molecule has 1 aromatic heterocycles. The van der Waals surface area contributed by atoms with Crippen molar-refractivity contribution in [2.45, 2.75) is 25.8 Å². The van der Waals surface area contributed by atoms with E-state index < -0.39 is 0 Å². The Bertz CT molecular complexity index is 979. The van der Waals surface area contributed by atoms with Crippen LogP contribution in [0.1, 0.15) is 30.5 Å². The smallest absolute Gasteiger partial charge is 0.321 e. The number of anilines is 1. The number of amides is 2. The van der Waals surface area contributed by atoms with Gasteiger partial charge in [0.25, 0.3) is 5.56 Å². The molecule has 6 heteroatoms. The van der Waals surface area contributed by atoms with E-state index in [0.717, 1.165) is 17.7 Å². The van der Waals surface area contributed by atoms with Crippen LogP contribution in [-0.2, 0) is 6.54 Å². The minimum atomic E-state index is -0.126. The number of allylic oxidation sites excluding steroid dienone is 1. The number of fused-ring (bicyclic) bond motifs is 4. The highest BCUT2D eigenvalue weighted by molar-refractivity contribution is 5.91. The predicted octanol–water partition coefficient (Wildman–Crippen LogP) is 3.54. The highest BCUT2D eigenvalue weighted by Crippen LogP contribution is 2.37. The van der Waals surface area contributed by atoms with Crippen molar-refractivity contribution in [3.63, 3.8) is 0 Å². The molecule has 0 spiro atoms. The number of para-hydroxylation sites is 2. The number of hydrogen-bond acceptors (Lipinski definition) is 3. The highest BCUT2D eigenvalue weighted by atomic mass is 16.5. The number of piperidine rings is 1. The number of nitrogens with zero attached hydrogens (tertiary/aromatic N) is 2. The van der Waals surface area contributed by atoms with Crippen LogP contribution < -0.4 is 15.6 Å². The van der Waals surface area contributed by atoms with E-state index in [-0.39, 0.29) is 23.4 Å². The molecule has 2 aromatic rings. The largest absolute Gasteiger partial charge is 0.495 e. The summed E-state index contributed by atoms with van der Waals surface area (Å²) in [6.45, 7) is 3.89. The van der Waals surface area contributed by atoms with Crippen molar-refractivity contribution in [3.8, 4) is 5.75 Å². The molecule has 0 radical (unpaired) electrons. The van der Waals surface area contributed by atoms with E-state index in [1.807, 2.05) is 58.9 Å². The summed E-state index contributed by atoms with van der Waals surface area (Å²) < 4.78 is 7.24. The van der Waals surface area contributed by atoms with Gasteiger partial charge in [0.15, 0.2) is 0 Å². The van der Waals surface area contributed by atoms with Crippen LogP contribution in [0.15, 0.2) is 47.3 Å². The number of hydrogen-bond donors (Lipinski definition) is 1. The van der Waals surface area contributed by atoms with Gasteiger partial charge in [-0.3, -0.25) is 4.79 Å². The number of aromatic nitrogens is 1. The zero-order chi connectivity index (χ0) is 19.7. The van der Waals surface area contributed by atoms with E-state index >= 15 is 0 Å². The Labute approximate surface area is 164 Å². The maximum atomic E-state index is 12.9. The van der Waals surface area contributed by atoms with Crippen LogP contribution >= 0.6 is 0 Å². The molecule has 4 rings (SSSR count). The Morgan fingerprint density at radius 1 is 1.18 bits per heavy atom. The van der Waals surface area contributed by atoms with Crippen molar-refractivity contribution in [2.75, 3.05) is 25.5 Å². The Hall–Kier alpha value is -3.02. The molecule has 1 N–H and O–H groups in total. The van der Waals surface area contributed by atoms with Crippen LogP contribution in [0.3, 0.4) is 0 Å². The van der Waals surface area contributed by atoms with E-state index in [4.69, 9.17) is 4.74 Å². The zero-order valence-electron chi connectivity index (χ0n) is 16.2. The molecular formula is C22H25N3O3. The minimum absolute atomic E-state index is 0.0462. The molecule has 2 unspecified atom stereocenters. The Morgan fingerprint density at radius 3 is 2.79 bits per heavy atom. The lowest BCUT2D eigenvalue weighted by atomic mass is 9.81. The summed E-state index contributed by atoms with van der Waals surface area (Å²) in [5.74, 6) is 1.09. The number of ether oxygens (including phenoxy) is 1. The first kappa shape index (κ1) is 18.3. The topological polar surface area (TPSA) is 63.6 Å². The first-order valence-corrected chi connectivity index (χ1v) is 9.66. The second kappa shape index (κ2) is 7.54. The Morgan fingerprint density at radius 2 is 2.00 bits per heavy atom. The molecule has 6 nitrogen and oxygen atoms in total. The fourth-order valence-corrected chi connectivity index (χ4v) is 4.48. The molecule has 2 atom stereocenters. The molecule has 1 saturated heterocycles. The van der Waals surface area contributed by atoms with Crippen LogP contribution in [0.2, 0.25) is 0 Å². The van der Waals surface area contributed by atoms with Gasteiger partial charge in [0.1, 0.15) is 5.75 Å². The maximum absolute atomic E-state index is 12.9. The summed E-state index contributed by atoms with van der Waals surface area (Å²) in [6, 6.07) is 10.8. The SMILES string of the molecule is CC=Cc1ccc(=O)n2c1C1CC(CN(C(=O)Nc3ccccc3OC)C1)C2. The number of urea groups is 1. The number of carbonyl (C=O) groups excluding carboxylic acids is 1. The van der Waals surface area contributed by atoms with Crippen LogP contribution in [0.4, 0.5) is 10.5 Å². The second-order valence-electron chi connectivity index (χ2n) is 7.46. The summed E-state index contributed by atoms with van der Waals surface area (Å²) in [6.07, 6.45) is 5.04. The second-order valence-corrected chi connectivity index (χ2v) is 7.46. The summed E-state index contributed by atoms with van der Waals surface area (Å²) >= 11 is 0. The van der Waals surface area contributed by atoms with Gasteiger partial charge in [-0.1, -0.05) is 24.3 Å². The van der Waals surface area contributed by atoms with Crippen LogP contribution in [0, 0.1) is 5.92 Å². The average molecular weight is 379 g/mol. The molecular weight excluding hydrogens is 354 g/mol. The zero-order valence-corrected chi connectivity index (χ0v) is 16.2. The maximum Gasteiger partial charge on any atom is 0.321 e. The molecule has 1 fully saturated rings. The van der Waals surface area contributed by atoms with Crippen molar-refractivity contribution in [1.29, 1.82) is 0 Å². The number of benzene rings is 1. The summed E-state index contributed by atoms with van der Waals surface area (Å²) in [7, 11) is 1.59. The molecule has 2 aliphatic heterocycles. The number of carbonyl (C=O) groups is 1. The number of methoxy groups -OCH3 is 1. The van der Waals surface area contributed by atoms with Gasteiger partial charge < -0.3 is 19.5 Å². The number of likely N-dealkylation sites (tertiary alicyclic amines) is 1. The molecule has 0 aliphatic carbocycles. The first-order chi connectivity index (χ1) is 13.6. The van der Waals surface area contributed by atoms with Crippen molar-refractivity contribution in [2.24, 2.45) is 5.92 Å². The van der Waals surface area contributed by atoms with Gasteiger partial charge in [-0.25, -0.2) is 4.79 Å². The molecule has 0 saturated carbocycles. The number of nitrogens with one attached hydrogen (secondary N) is 1. The summed E-state index contributed by atoms with van der Waals surface area (Å²) in [5, 5.41) is 2.98. The standard InChI is InChI=1S/C22H25N3O3/c1-3-6-16-9-10-20(26)25-13-15-11-17(21(16)25)14-24(12-15)22(27)23-18-7-4-5-8-19(18)28-2/h3-10,15,17H,11-14H2,1-2H3,(H,23,27). The minimum Gasteiger partial charge on any atom is -0.495 e. The van der Waals surface area contributed by atoms with Gasteiger partial charge in [-0.2, -0.15) is 0 Å². The lowest BCUT2D eigenvalue weighted by Crippen LogP contribution is -2.50. The Kier molecular flexibility index (Phi) is 4.94. The predicted molar refractivity (Wildman–Crippen MR) is 110 cm³/mol. The monoisotopic (exact) mass is 379 g/mol. The van der Waals surface area contributed by atoms with Crippen molar-refractivity contribution in [3.05, 3.63) is 64.1 Å². The highest BCUT2D eigenvalue weighted by Gasteiger charge is 2.37. The molecule has 2 amide bonds. The van der Waals surface area contributed by atoms with Gasteiger partial charge in [0, 0.05) is 37.3 Å². The molecule has 28 heavy (non-hydrogen) atoms. The van der Waals surface area contributed by atoms with Crippen molar-refractivity contribution >= 4 is 17.8 Å². The van der Waals surface area contributed by atoms with Crippen molar-refractivity contribution < 1.29 is 9.53 Å². The van der Waals surface area contributed by atoms with Crippen LogP contribution in [-0.4, -0.2) is 35.7 Å². The molecule has 2 aliphatic rings. The number of rotatable bonds is 3. The summed E-state index contributed by atoms with van der Waals surface area (Å²) in [4.78, 5) is 27.2. The van der Waals surface area contributed by atoms with Gasteiger partial charge in [0.05, 0.1) is 12.8 Å². The van der Waals surface area contributed by atoms with Gasteiger partial charge in [0.2, 0.25) is 0 Å². The third-order valence-electron chi connectivity index (χ3n) is 5.60.